The molecule has 0 bridgehead atoms. The Kier molecular flexibility index (Phi) is 8.64. The highest BCUT2D eigenvalue weighted by Gasteiger charge is 2.19. The lowest BCUT2D eigenvalue weighted by molar-refractivity contribution is -0.0544. The predicted octanol–water partition coefficient (Wildman–Crippen LogP) is 8.30. The number of rotatable bonds is 11. The molecule has 0 aliphatic carbocycles. The van der Waals surface area contributed by atoms with Crippen LogP contribution >= 0.6 is 0 Å². The second-order valence-electron chi connectivity index (χ2n) is 8.14. The standard InChI is InChI=1S/C26H26F6O/c1-2-3-4-5-6-7-17-13-21(27)20(22(28)14-17)11-9-16-8-10-19-18(12-16)15-23(29)25(24(19)30)33-26(31)32/h8,10,12-15,26H,2-7,9,11H2,1H3. The van der Waals surface area contributed by atoms with E-state index < -0.39 is 35.6 Å². The van der Waals surface area contributed by atoms with Gasteiger partial charge < -0.3 is 4.74 Å². The SMILES string of the molecule is CCCCCCCc1cc(F)c(CCc2ccc3c(F)c(OC(F)F)c(F)cc3c2)c(F)c1. The van der Waals surface area contributed by atoms with Crippen LogP contribution in [0.25, 0.3) is 10.8 Å². The van der Waals surface area contributed by atoms with Gasteiger partial charge in [0, 0.05) is 10.9 Å². The number of ether oxygens (including phenoxy) is 1. The minimum absolute atomic E-state index is 0.0390. The van der Waals surface area contributed by atoms with E-state index in [1.54, 1.807) is 0 Å². The quantitative estimate of drug-likeness (QED) is 0.203. The minimum atomic E-state index is -3.36. The van der Waals surface area contributed by atoms with Gasteiger partial charge in [0.15, 0.2) is 17.4 Å². The second kappa shape index (κ2) is 11.4. The highest BCUT2D eigenvalue weighted by molar-refractivity contribution is 5.85. The van der Waals surface area contributed by atoms with Crippen molar-refractivity contribution < 1.29 is 31.1 Å². The van der Waals surface area contributed by atoms with E-state index in [2.05, 4.69) is 11.7 Å². The zero-order valence-electron chi connectivity index (χ0n) is 18.4. The van der Waals surface area contributed by atoms with Crippen molar-refractivity contribution in [3.63, 3.8) is 0 Å². The normalized spacial score (nSPS) is 11.5. The molecule has 0 fully saturated rings. The molecule has 0 aliphatic heterocycles. The predicted molar refractivity (Wildman–Crippen MR) is 117 cm³/mol. The average Bonchev–Trinajstić information content (AvgIpc) is 2.75. The van der Waals surface area contributed by atoms with Gasteiger partial charge >= 0.3 is 6.61 Å². The summed E-state index contributed by atoms with van der Waals surface area (Å²) in [5.41, 5.74) is 1.19. The molecule has 0 amide bonds. The average molecular weight is 468 g/mol. The van der Waals surface area contributed by atoms with Crippen molar-refractivity contribution in [2.45, 2.75) is 64.9 Å². The first kappa shape index (κ1) is 24.9. The summed E-state index contributed by atoms with van der Waals surface area (Å²) in [6.07, 6.45) is 6.23. The lowest BCUT2D eigenvalue weighted by Gasteiger charge is -2.11. The molecular formula is C26H26F6O. The van der Waals surface area contributed by atoms with E-state index in [0.29, 0.717) is 17.5 Å². The molecule has 3 aromatic rings. The number of alkyl halides is 2. The van der Waals surface area contributed by atoms with Crippen LogP contribution in [0.4, 0.5) is 26.3 Å². The Balaban J connectivity index is 1.70. The Hall–Kier alpha value is -2.70. The molecule has 0 saturated carbocycles. The first-order valence-electron chi connectivity index (χ1n) is 11.1. The third-order valence-electron chi connectivity index (χ3n) is 5.69. The fraction of sp³-hybridized carbons (Fsp3) is 0.385. The number of hydrogen-bond acceptors (Lipinski definition) is 1. The molecule has 0 atom stereocenters. The number of unbranched alkanes of at least 4 members (excludes halogenated alkanes) is 4. The van der Waals surface area contributed by atoms with Crippen LogP contribution in [0.2, 0.25) is 0 Å². The lowest BCUT2D eigenvalue weighted by Crippen LogP contribution is -2.06. The Labute approximate surface area is 189 Å². The van der Waals surface area contributed by atoms with Crippen molar-refractivity contribution in [2.75, 3.05) is 0 Å². The Morgan fingerprint density at radius 3 is 2.09 bits per heavy atom. The van der Waals surface area contributed by atoms with Gasteiger partial charge in [-0.25, -0.2) is 17.6 Å². The van der Waals surface area contributed by atoms with Crippen LogP contribution < -0.4 is 4.74 Å². The second-order valence-corrected chi connectivity index (χ2v) is 8.14. The maximum absolute atomic E-state index is 14.5. The van der Waals surface area contributed by atoms with Crippen LogP contribution in [-0.2, 0) is 19.3 Å². The summed E-state index contributed by atoms with van der Waals surface area (Å²) in [5.74, 6) is -4.82. The van der Waals surface area contributed by atoms with E-state index in [9.17, 15) is 26.3 Å². The molecule has 7 heteroatoms. The van der Waals surface area contributed by atoms with E-state index in [0.717, 1.165) is 38.2 Å². The fourth-order valence-corrected chi connectivity index (χ4v) is 3.95. The van der Waals surface area contributed by atoms with Gasteiger partial charge in [-0.2, -0.15) is 8.78 Å². The molecule has 0 heterocycles. The van der Waals surface area contributed by atoms with Gasteiger partial charge in [0.2, 0.25) is 0 Å². The highest BCUT2D eigenvalue weighted by atomic mass is 19.3. The number of benzene rings is 3. The Morgan fingerprint density at radius 1 is 0.727 bits per heavy atom. The summed E-state index contributed by atoms with van der Waals surface area (Å²) in [6, 6.07) is 7.92. The van der Waals surface area contributed by atoms with Crippen LogP contribution in [0.3, 0.4) is 0 Å². The summed E-state index contributed by atoms with van der Waals surface area (Å²) in [4.78, 5) is 0. The van der Waals surface area contributed by atoms with Crippen LogP contribution in [0.5, 0.6) is 5.75 Å². The molecule has 0 unspecified atom stereocenters. The van der Waals surface area contributed by atoms with Gasteiger partial charge in [0.1, 0.15) is 11.6 Å². The molecule has 0 aromatic heterocycles. The van der Waals surface area contributed by atoms with Crippen molar-refractivity contribution in [1.82, 2.24) is 0 Å². The molecule has 0 saturated heterocycles. The van der Waals surface area contributed by atoms with Crippen LogP contribution in [0.1, 0.15) is 55.7 Å². The van der Waals surface area contributed by atoms with Gasteiger partial charge in [-0.3, -0.25) is 0 Å². The smallest absolute Gasteiger partial charge is 0.387 e. The van der Waals surface area contributed by atoms with Gasteiger partial charge in [-0.1, -0.05) is 50.8 Å². The Bertz CT molecular complexity index is 1070. The monoisotopic (exact) mass is 468 g/mol. The number of fused-ring (bicyclic) bond motifs is 1. The summed E-state index contributed by atoms with van der Waals surface area (Å²) >= 11 is 0. The zero-order chi connectivity index (χ0) is 24.0. The van der Waals surface area contributed by atoms with Gasteiger partial charge in [0.05, 0.1) is 0 Å². The van der Waals surface area contributed by atoms with Crippen molar-refractivity contribution in [3.05, 3.63) is 76.4 Å². The van der Waals surface area contributed by atoms with E-state index >= 15 is 0 Å². The van der Waals surface area contributed by atoms with E-state index in [1.807, 2.05) is 0 Å². The van der Waals surface area contributed by atoms with Crippen molar-refractivity contribution in [2.24, 2.45) is 0 Å². The first-order valence-corrected chi connectivity index (χ1v) is 11.1. The summed E-state index contributed by atoms with van der Waals surface area (Å²) in [5, 5.41) is 0.0555. The third-order valence-corrected chi connectivity index (χ3v) is 5.69. The lowest BCUT2D eigenvalue weighted by atomic mass is 9.98. The van der Waals surface area contributed by atoms with Crippen LogP contribution in [-0.4, -0.2) is 6.61 Å². The number of aryl methyl sites for hydroxylation is 2. The molecule has 1 nitrogen and oxygen atoms in total. The van der Waals surface area contributed by atoms with Crippen molar-refractivity contribution in [1.29, 1.82) is 0 Å². The van der Waals surface area contributed by atoms with E-state index in [-0.39, 0.29) is 29.2 Å². The highest BCUT2D eigenvalue weighted by Crippen LogP contribution is 2.32. The van der Waals surface area contributed by atoms with Crippen molar-refractivity contribution >= 4 is 10.8 Å². The first-order chi connectivity index (χ1) is 15.8. The van der Waals surface area contributed by atoms with Crippen LogP contribution in [0.15, 0.2) is 36.4 Å². The molecule has 3 aromatic carbocycles. The molecule has 0 N–H and O–H groups in total. The summed E-state index contributed by atoms with van der Waals surface area (Å²) in [6.45, 7) is -1.23. The Morgan fingerprint density at radius 2 is 1.42 bits per heavy atom. The van der Waals surface area contributed by atoms with Crippen LogP contribution in [0, 0.1) is 23.3 Å². The summed E-state index contributed by atoms with van der Waals surface area (Å²) in [7, 11) is 0. The number of halogens is 6. The minimum Gasteiger partial charge on any atom is -0.429 e. The van der Waals surface area contributed by atoms with Gasteiger partial charge in [0.25, 0.3) is 0 Å². The zero-order valence-corrected chi connectivity index (χ0v) is 18.4. The molecule has 0 radical (unpaired) electrons. The topological polar surface area (TPSA) is 9.23 Å². The van der Waals surface area contributed by atoms with Gasteiger partial charge in [-0.05, 0) is 60.4 Å². The molecule has 0 aliphatic rings. The third kappa shape index (κ3) is 6.42. The fourth-order valence-electron chi connectivity index (χ4n) is 3.95. The maximum Gasteiger partial charge on any atom is 0.387 e. The van der Waals surface area contributed by atoms with E-state index in [4.69, 9.17) is 0 Å². The maximum atomic E-state index is 14.5. The van der Waals surface area contributed by atoms with Crippen molar-refractivity contribution in [3.8, 4) is 5.75 Å². The molecule has 178 valence electrons. The molecule has 0 spiro atoms. The largest absolute Gasteiger partial charge is 0.429 e. The molecule has 3 rings (SSSR count). The van der Waals surface area contributed by atoms with Gasteiger partial charge in [-0.15, -0.1) is 0 Å². The number of hydrogen-bond donors (Lipinski definition) is 0. The molecular weight excluding hydrogens is 442 g/mol. The summed E-state index contributed by atoms with van der Waals surface area (Å²) < 4.78 is 86.2. The van der Waals surface area contributed by atoms with E-state index in [1.165, 1.54) is 30.3 Å². The molecule has 33 heavy (non-hydrogen) atoms.